The molecule has 1 atom stereocenters. The van der Waals surface area contributed by atoms with Gasteiger partial charge in [-0.25, -0.2) is 4.79 Å². The number of aromatic nitrogens is 1. The Labute approximate surface area is 277 Å². The lowest BCUT2D eigenvalue weighted by molar-refractivity contribution is -0.0192. The number of amides is 1. The van der Waals surface area contributed by atoms with E-state index in [0.29, 0.717) is 103 Å². The summed E-state index contributed by atoms with van der Waals surface area (Å²) in [6.07, 6.45) is 3.27. The number of anilines is 1. The van der Waals surface area contributed by atoms with E-state index in [0.717, 1.165) is 5.56 Å². The number of carbonyl (C=O) groups excluding carboxylic acids is 2. The lowest BCUT2D eigenvalue weighted by Crippen LogP contribution is -2.24. The quantitative estimate of drug-likeness (QED) is 0.0964. The van der Waals surface area contributed by atoms with Crippen LogP contribution in [0.15, 0.2) is 79.1 Å². The van der Waals surface area contributed by atoms with Crippen molar-refractivity contribution >= 4 is 17.6 Å². The van der Waals surface area contributed by atoms with Crippen LogP contribution in [0, 0.1) is 0 Å². The third kappa shape index (κ3) is 17.1. The van der Waals surface area contributed by atoms with E-state index in [4.69, 9.17) is 33.2 Å². The van der Waals surface area contributed by atoms with Gasteiger partial charge in [-0.2, -0.15) is 0 Å². The molecule has 0 spiro atoms. The second-order valence-corrected chi connectivity index (χ2v) is 10.2. The average Bonchev–Trinajstić information content (AvgIpc) is 3.11. The van der Waals surface area contributed by atoms with Gasteiger partial charge in [0, 0.05) is 36.2 Å². The molecule has 0 fully saturated rings. The first-order valence-electron chi connectivity index (χ1n) is 15.9. The molecule has 1 heterocycles. The minimum absolute atomic E-state index is 0.122. The molecule has 12 nitrogen and oxygen atoms in total. The van der Waals surface area contributed by atoms with Gasteiger partial charge in [0.25, 0.3) is 5.91 Å². The van der Waals surface area contributed by atoms with Crippen molar-refractivity contribution in [2.45, 2.75) is 13.0 Å². The molecule has 256 valence electrons. The Balaban J connectivity index is 1.02. The number of pyridine rings is 1. The Kier molecular flexibility index (Phi) is 19.6. The van der Waals surface area contributed by atoms with Gasteiger partial charge in [-0.1, -0.05) is 30.3 Å². The first-order valence-corrected chi connectivity index (χ1v) is 15.9. The number of nitrogens with zero attached hydrogens (tertiary/aromatic N) is 1. The van der Waals surface area contributed by atoms with E-state index in [1.807, 2.05) is 30.3 Å². The number of carbonyl (C=O) groups is 2. The first kappa shape index (κ1) is 37.7. The molecule has 0 saturated heterocycles. The lowest BCUT2D eigenvalue weighted by atomic mass is 10.1. The van der Waals surface area contributed by atoms with Crippen molar-refractivity contribution in [2.75, 3.05) is 97.8 Å². The van der Waals surface area contributed by atoms with Gasteiger partial charge >= 0.3 is 5.97 Å². The fourth-order valence-electron chi connectivity index (χ4n) is 4.08. The molecule has 3 aromatic rings. The molecule has 12 heteroatoms. The number of hydrogen-bond donors (Lipinski definition) is 2. The summed E-state index contributed by atoms with van der Waals surface area (Å²) in [6.45, 7) is 8.59. The first-order chi connectivity index (χ1) is 23.1. The second-order valence-electron chi connectivity index (χ2n) is 10.2. The molecule has 2 aromatic carbocycles. The molecule has 0 unspecified atom stereocenters. The Bertz CT molecular complexity index is 1230. The molecule has 0 aliphatic heterocycles. The minimum atomic E-state index is -0.358. The Morgan fingerprint density at radius 2 is 1.09 bits per heavy atom. The standard InChI is InChI=1S/C35H47N3O9/c1-29(30-7-9-31(10-8-30)34(39)38-33-11-13-36-14-12-33)37-15-16-41-17-18-42-19-20-43-21-22-44-23-24-45-25-26-46-27-28-47-35(40)32-5-3-2-4-6-32/h2-14,29,37H,15-28H2,1H3,(H,36,38,39)/t29-/m0/s1. The number of ether oxygens (including phenoxy) is 7. The fourth-order valence-corrected chi connectivity index (χ4v) is 4.08. The van der Waals surface area contributed by atoms with Gasteiger partial charge < -0.3 is 43.8 Å². The smallest absolute Gasteiger partial charge is 0.338 e. The summed E-state index contributed by atoms with van der Waals surface area (Å²) in [6, 6.07) is 20.0. The van der Waals surface area contributed by atoms with E-state index < -0.39 is 0 Å². The van der Waals surface area contributed by atoms with Crippen LogP contribution >= 0.6 is 0 Å². The maximum Gasteiger partial charge on any atom is 0.338 e. The fraction of sp³-hybridized carbons (Fsp3) is 0.457. The van der Waals surface area contributed by atoms with Gasteiger partial charge in [-0.15, -0.1) is 0 Å². The minimum Gasteiger partial charge on any atom is -0.460 e. The largest absolute Gasteiger partial charge is 0.460 e. The SMILES string of the molecule is C[C@H](NCCOCCOCCOCCOCCOCCOCCOC(=O)c1ccccc1)c1ccc(C(=O)Nc2ccncc2)cc1. The molecular weight excluding hydrogens is 606 g/mol. The van der Waals surface area contributed by atoms with Gasteiger partial charge in [0.1, 0.15) is 6.61 Å². The molecular formula is C35H47N3O9. The highest BCUT2D eigenvalue weighted by atomic mass is 16.6. The summed E-state index contributed by atoms with van der Waals surface area (Å²) in [5.74, 6) is -0.515. The summed E-state index contributed by atoms with van der Waals surface area (Å²) in [5, 5.41) is 6.28. The summed E-state index contributed by atoms with van der Waals surface area (Å²) in [4.78, 5) is 28.1. The number of nitrogens with one attached hydrogen (secondary N) is 2. The second kappa shape index (κ2) is 24.4. The molecule has 0 aliphatic carbocycles. The zero-order chi connectivity index (χ0) is 33.2. The number of hydrogen-bond acceptors (Lipinski definition) is 11. The van der Waals surface area contributed by atoms with E-state index in [9.17, 15) is 9.59 Å². The molecule has 47 heavy (non-hydrogen) atoms. The third-order valence-electron chi connectivity index (χ3n) is 6.64. The summed E-state index contributed by atoms with van der Waals surface area (Å²) in [5.41, 5.74) is 2.92. The van der Waals surface area contributed by atoms with Gasteiger partial charge in [-0.3, -0.25) is 9.78 Å². The van der Waals surface area contributed by atoms with E-state index in [1.165, 1.54) is 0 Å². The van der Waals surface area contributed by atoms with Crippen molar-refractivity contribution in [1.29, 1.82) is 0 Å². The molecule has 0 aliphatic rings. The van der Waals surface area contributed by atoms with Crippen LogP contribution in [0.1, 0.15) is 39.2 Å². The number of benzene rings is 2. The summed E-state index contributed by atoms with van der Waals surface area (Å²) < 4.78 is 38.1. The van der Waals surface area contributed by atoms with E-state index in [2.05, 4.69) is 22.5 Å². The number of esters is 1. The van der Waals surface area contributed by atoms with Crippen LogP contribution in [0.4, 0.5) is 5.69 Å². The molecule has 1 aromatic heterocycles. The third-order valence-corrected chi connectivity index (χ3v) is 6.64. The zero-order valence-corrected chi connectivity index (χ0v) is 27.1. The normalized spacial score (nSPS) is 11.7. The van der Waals surface area contributed by atoms with Crippen LogP contribution in [0.3, 0.4) is 0 Å². The monoisotopic (exact) mass is 653 g/mol. The zero-order valence-electron chi connectivity index (χ0n) is 27.1. The van der Waals surface area contributed by atoms with Crippen LogP contribution in [-0.4, -0.2) is 109 Å². The predicted octanol–water partition coefficient (Wildman–Crippen LogP) is 3.94. The van der Waals surface area contributed by atoms with Crippen LogP contribution in [-0.2, 0) is 33.2 Å². The Hall–Kier alpha value is -3.75. The summed E-state index contributed by atoms with van der Waals surface area (Å²) in [7, 11) is 0. The maximum atomic E-state index is 12.4. The van der Waals surface area contributed by atoms with Gasteiger partial charge in [0.05, 0.1) is 84.8 Å². The average molecular weight is 654 g/mol. The molecule has 0 bridgehead atoms. The van der Waals surface area contributed by atoms with Crippen molar-refractivity contribution < 1.29 is 42.7 Å². The van der Waals surface area contributed by atoms with Crippen molar-refractivity contribution in [3.8, 4) is 0 Å². The van der Waals surface area contributed by atoms with E-state index in [-0.39, 0.29) is 24.5 Å². The topological polar surface area (TPSA) is 136 Å². The van der Waals surface area contributed by atoms with Crippen LogP contribution in [0.25, 0.3) is 0 Å². The number of rotatable bonds is 26. The van der Waals surface area contributed by atoms with Gasteiger partial charge in [-0.05, 0) is 48.9 Å². The summed E-state index contributed by atoms with van der Waals surface area (Å²) >= 11 is 0. The highest BCUT2D eigenvalue weighted by Gasteiger charge is 2.09. The Morgan fingerprint density at radius 1 is 0.596 bits per heavy atom. The molecule has 2 N–H and O–H groups in total. The predicted molar refractivity (Wildman–Crippen MR) is 177 cm³/mol. The highest BCUT2D eigenvalue weighted by Crippen LogP contribution is 2.14. The van der Waals surface area contributed by atoms with Crippen LogP contribution in [0.5, 0.6) is 0 Å². The van der Waals surface area contributed by atoms with Gasteiger partial charge in [0.15, 0.2) is 0 Å². The molecule has 3 rings (SSSR count). The van der Waals surface area contributed by atoms with Crippen molar-refractivity contribution in [2.24, 2.45) is 0 Å². The van der Waals surface area contributed by atoms with Crippen molar-refractivity contribution in [1.82, 2.24) is 10.3 Å². The molecule has 1 amide bonds. The van der Waals surface area contributed by atoms with Crippen molar-refractivity contribution in [3.05, 3.63) is 95.8 Å². The van der Waals surface area contributed by atoms with Crippen molar-refractivity contribution in [3.63, 3.8) is 0 Å². The van der Waals surface area contributed by atoms with Gasteiger partial charge in [0.2, 0.25) is 0 Å². The molecule has 0 radical (unpaired) electrons. The van der Waals surface area contributed by atoms with E-state index >= 15 is 0 Å². The van der Waals surface area contributed by atoms with Crippen LogP contribution in [0.2, 0.25) is 0 Å². The van der Waals surface area contributed by atoms with E-state index in [1.54, 1.807) is 48.8 Å². The maximum absolute atomic E-state index is 12.4. The van der Waals surface area contributed by atoms with Crippen LogP contribution < -0.4 is 10.6 Å². The highest BCUT2D eigenvalue weighted by molar-refractivity contribution is 6.04. The Morgan fingerprint density at radius 3 is 1.62 bits per heavy atom. The lowest BCUT2D eigenvalue weighted by Gasteiger charge is -2.15. The molecule has 0 saturated carbocycles.